The molecule has 1 atom stereocenters. The van der Waals surface area contributed by atoms with Crippen molar-refractivity contribution in [2.45, 2.75) is 19.4 Å². The predicted octanol–water partition coefficient (Wildman–Crippen LogP) is 3.16. The SMILES string of the molecule is CC(=O)c1ccccc1NC(=O)[C@H]1CC(c2cccc(F)c2)=NO1. The minimum Gasteiger partial charge on any atom is -0.382 e. The van der Waals surface area contributed by atoms with E-state index in [0.717, 1.165) is 0 Å². The number of ketones is 1. The van der Waals surface area contributed by atoms with Crippen molar-refractivity contribution in [3.63, 3.8) is 0 Å². The van der Waals surface area contributed by atoms with Crippen LogP contribution in [0.2, 0.25) is 0 Å². The fraction of sp³-hybridized carbons (Fsp3) is 0.167. The van der Waals surface area contributed by atoms with Crippen LogP contribution in [0.1, 0.15) is 29.3 Å². The third kappa shape index (κ3) is 3.32. The number of carbonyl (C=O) groups is 2. The normalized spacial score (nSPS) is 16.2. The Morgan fingerprint density at radius 2 is 2.00 bits per heavy atom. The lowest BCUT2D eigenvalue weighted by Crippen LogP contribution is -2.28. The Kier molecular flexibility index (Phi) is 4.37. The highest BCUT2D eigenvalue weighted by atomic mass is 19.1. The fourth-order valence-electron chi connectivity index (χ4n) is 2.47. The third-order valence-corrected chi connectivity index (χ3v) is 3.68. The number of hydrogen-bond donors (Lipinski definition) is 1. The summed E-state index contributed by atoms with van der Waals surface area (Å²) in [5.41, 5.74) is 1.94. The van der Waals surface area contributed by atoms with E-state index in [1.807, 2.05) is 0 Å². The summed E-state index contributed by atoms with van der Waals surface area (Å²) in [7, 11) is 0. The summed E-state index contributed by atoms with van der Waals surface area (Å²) in [6.07, 6.45) is -0.583. The zero-order valence-corrected chi connectivity index (χ0v) is 13.0. The molecule has 0 unspecified atom stereocenters. The van der Waals surface area contributed by atoms with E-state index in [1.54, 1.807) is 36.4 Å². The van der Waals surface area contributed by atoms with Gasteiger partial charge in [0.15, 0.2) is 5.78 Å². The second-order valence-electron chi connectivity index (χ2n) is 5.44. The Balaban J connectivity index is 1.69. The highest BCUT2D eigenvalue weighted by Gasteiger charge is 2.29. The fourth-order valence-corrected chi connectivity index (χ4v) is 2.47. The Morgan fingerprint density at radius 1 is 1.21 bits per heavy atom. The first-order valence-electron chi connectivity index (χ1n) is 7.44. The van der Waals surface area contributed by atoms with Gasteiger partial charge in [0.05, 0.1) is 11.4 Å². The van der Waals surface area contributed by atoms with E-state index in [0.29, 0.717) is 22.5 Å². The van der Waals surface area contributed by atoms with E-state index in [1.165, 1.54) is 19.1 Å². The van der Waals surface area contributed by atoms with Gasteiger partial charge >= 0.3 is 0 Å². The van der Waals surface area contributed by atoms with Crippen LogP contribution in [-0.4, -0.2) is 23.5 Å². The quantitative estimate of drug-likeness (QED) is 0.878. The summed E-state index contributed by atoms with van der Waals surface area (Å²) >= 11 is 0. The molecule has 0 aromatic heterocycles. The summed E-state index contributed by atoms with van der Waals surface area (Å²) in [5.74, 6) is -0.924. The van der Waals surface area contributed by atoms with Crippen LogP contribution in [0.4, 0.5) is 10.1 Å². The maximum atomic E-state index is 13.3. The van der Waals surface area contributed by atoms with E-state index in [2.05, 4.69) is 10.5 Å². The molecule has 2 aromatic rings. The number of rotatable bonds is 4. The van der Waals surface area contributed by atoms with Crippen molar-refractivity contribution >= 4 is 23.1 Å². The number of nitrogens with one attached hydrogen (secondary N) is 1. The number of para-hydroxylation sites is 1. The molecule has 1 amide bonds. The number of oxime groups is 1. The van der Waals surface area contributed by atoms with Crippen molar-refractivity contribution in [1.82, 2.24) is 0 Å². The Hall–Kier alpha value is -3.02. The molecule has 0 bridgehead atoms. The van der Waals surface area contributed by atoms with Crippen LogP contribution in [0.25, 0.3) is 0 Å². The van der Waals surface area contributed by atoms with Gasteiger partial charge in [0.1, 0.15) is 5.82 Å². The van der Waals surface area contributed by atoms with Gasteiger partial charge in [0.2, 0.25) is 6.10 Å². The molecule has 122 valence electrons. The number of benzene rings is 2. The minimum absolute atomic E-state index is 0.144. The molecule has 1 aliphatic rings. The highest BCUT2D eigenvalue weighted by molar-refractivity contribution is 6.08. The maximum absolute atomic E-state index is 13.3. The van der Waals surface area contributed by atoms with Crippen molar-refractivity contribution in [3.05, 3.63) is 65.5 Å². The topological polar surface area (TPSA) is 67.8 Å². The Morgan fingerprint density at radius 3 is 2.75 bits per heavy atom. The second kappa shape index (κ2) is 6.62. The zero-order chi connectivity index (χ0) is 17.1. The van der Waals surface area contributed by atoms with Crippen molar-refractivity contribution in [2.24, 2.45) is 5.16 Å². The molecule has 3 rings (SSSR count). The lowest BCUT2D eigenvalue weighted by Gasteiger charge is -2.12. The van der Waals surface area contributed by atoms with Gasteiger partial charge in [-0.1, -0.05) is 29.4 Å². The Labute approximate surface area is 138 Å². The smallest absolute Gasteiger partial charge is 0.268 e. The van der Waals surface area contributed by atoms with Gasteiger partial charge in [-0.3, -0.25) is 9.59 Å². The van der Waals surface area contributed by atoms with Crippen molar-refractivity contribution in [2.75, 3.05) is 5.32 Å². The second-order valence-corrected chi connectivity index (χ2v) is 5.44. The van der Waals surface area contributed by atoms with Gasteiger partial charge < -0.3 is 10.2 Å². The lowest BCUT2D eigenvalue weighted by molar-refractivity contribution is -0.125. The van der Waals surface area contributed by atoms with E-state index in [-0.39, 0.29) is 18.0 Å². The van der Waals surface area contributed by atoms with Gasteiger partial charge in [0.25, 0.3) is 5.91 Å². The summed E-state index contributed by atoms with van der Waals surface area (Å²) in [6, 6.07) is 12.7. The average Bonchev–Trinajstić information content (AvgIpc) is 3.05. The molecular formula is C18H15FN2O3. The molecule has 6 heteroatoms. The van der Waals surface area contributed by atoms with Crippen LogP contribution >= 0.6 is 0 Å². The number of carbonyl (C=O) groups excluding carboxylic acids is 2. The monoisotopic (exact) mass is 326 g/mol. The number of nitrogens with zero attached hydrogens (tertiary/aromatic N) is 1. The maximum Gasteiger partial charge on any atom is 0.268 e. The molecular weight excluding hydrogens is 311 g/mol. The van der Waals surface area contributed by atoms with E-state index >= 15 is 0 Å². The first kappa shape index (κ1) is 15.9. The van der Waals surface area contributed by atoms with Crippen LogP contribution in [0.3, 0.4) is 0 Å². The minimum atomic E-state index is -0.816. The summed E-state index contributed by atoms with van der Waals surface area (Å²) in [6.45, 7) is 1.43. The van der Waals surface area contributed by atoms with Gasteiger partial charge in [-0.15, -0.1) is 0 Å². The molecule has 0 radical (unpaired) electrons. The average molecular weight is 326 g/mol. The molecule has 0 saturated carbocycles. The van der Waals surface area contributed by atoms with Crippen LogP contribution < -0.4 is 5.32 Å². The molecule has 0 fully saturated rings. The Bertz CT molecular complexity index is 833. The molecule has 1 aliphatic heterocycles. The number of anilines is 1. The zero-order valence-electron chi connectivity index (χ0n) is 13.0. The van der Waals surface area contributed by atoms with E-state index in [4.69, 9.17) is 4.84 Å². The molecule has 2 aromatic carbocycles. The molecule has 24 heavy (non-hydrogen) atoms. The first-order valence-corrected chi connectivity index (χ1v) is 7.44. The van der Waals surface area contributed by atoms with Crippen LogP contribution in [-0.2, 0) is 9.63 Å². The van der Waals surface area contributed by atoms with Gasteiger partial charge in [0, 0.05) is 17.5 Å². The van der Waals surface area contributed by atoms with Crippen LogP contribution in [0.5, 0.6) is 0 Å². The van der Waals surface area contributed by atoms with Gasteiger partial charge in [-0.25, -0.2) is 4.39 Å². The predicted molar refractivity (Wildman–Crippen MR) is 87.5 cm³/mol. The van der Waals surface area contributed by atoms with Crippen molar-refractivity contribution < 1.29 is 18.8 Å². The summed E-state index contributed by atoms with van der Waals surface area (Å²) in [5, 5.41) is 6.56. The number of halogens is 1. The molecule has 0 saturated heterocycles. The molecule has 5 nitrogen and oxygen atoms in total. The highest BCUT2D eigenvalue weighted by Crippen LogP contribution is 2.21. The first-order chi connectivity index (χ1) is 11.5. The largest absolute Gasteiger partial charge is 0.382 e. The molecule has 1 N–H and O–H groups in total. The van der Waals surface area contributed by atoms with Crippen LogP contribution in [0.15, 0.2) is 53.7 Å². The summed E-state index contributed by atoms with van der Waals surface area (Å²) in [4.78, 5) is 29.1. The standard InChI is InChI=1S/C18H15FN2O3/c1-11(22)14-7-2-3-8-15(14)20-18(23)17-10-16(21-24-17)12-5-4-6-13(19)9-12/h2-9,17H,10H2,1H3,(H,20,23)/t17-/m1/s1. The van der Waals surface area contributed by atoms with Crippen molar-refractivity contribution in [1.29, 1.82) is 0 Å². The molecule has 0 aliphatic carbocycles. The lowest BCUT2D eigenvalue weighted by atomic mass is 10.0. The van der Waals surface area contributed by atoms with Gasteiger partial charge in [-0.2, -0.15) is 0 Å². The number of hydrogen-bond acceptors (Lipinski definition) is 4. The van der Waals surface area contributed by atoms with Crippen LogP contribution in [0, 0.1) is 5.82 Å². The number of Topliss-reactive ketones (excluding diaryl/α,β-unsaturated/α-hetero) is 1. The third-order valence-electron chi connectivity index (χ3n) is 3.68. The summed E-state index contributed by atoms with van der Waals surface area (Å²) < 4.78 is 13.3. The molecule has 1 heterocycles. The number of amides is 1. The van der Waals surface area contributed by atoms with E-state index < -0.39 is 12.0 Å². The van der Waals surface area contributed by atoms with E-state index in [9.17, 15) is 14.0 Å². The van der Waals surface area contributed by atoms with Crippen molar-refractivity contribution in [3.8, 4) is 0 Å². The molecule has 0 spiro atoms. The van der Waals surface area contributed by atoms with Gasteiger partial charge in [-0.05, 0) is 31.2 Å².